The molecule has 0 fully saturated rings. The van der Waals surface area contributed by atoms with Crippen molar-refractivity contribution in [2.24, 2.45) is 0 Å². The first-order valence-corrected chi connectivity index (χ1v) is 5.99. The van der Waals surface area contributed by atoms with E-state index in [1.807, 2.05) is 30.3 Å². The Kier molecular flexibility index (Phi) is 9.31. The third kappa shape index (κ3) is 11.8. The fraction of sp³-hybridized carbons (Fsp3) is 0. The number of nitrogen functional groups attached to an aromatic ring is 1. The van der Waals surface area contributed by atoms with Gasteiger partial charge in [-0.1, -0.05) is 18.2 Å². The van der Waals surface area contributed by atoms with Crippen molar-refractivity contribution in [3.8, 4) is 0 Å². The maximum absolute atomic E-state index is 8.60. The van der Waals surface area contributed by atoms with Gasteiger partial charge in [-0.15, -0.1) is 0 Å². The minimum atomic E-state index is -4.21. The van der Waals surface area contributed by atoms with Crippen LogP contribution < -0.4 is 5.73 Å². The average molecular weight is 342 g/mol. The monoisotopic (exact) mass is 343 g/mol. The van der Waals surface area contributed by atoms with Crippen LogP contribution in [-0.4, -0.2) is 0 Å². The summed E-state index contributed by atoms with van der Waals surface area (Å²) in [7, 11) is 0. The zero-order valence-corrected chi connectivity index (χ0v) is 9.28. The molecule has 0 aliphatic rings. The van der Waals surface area contributed by atoms with Crippen molar-refractivity contribution in [3.63, 3.8) is 0 Å². The van der Waals surface area contributed by atoms with Crippen LogP contribution in [0.5, 0.6) is 0 Å². The number of hydrogen-bond donors (Lipinski definition) is 1. The van der Waals surface area contributed by atoms with Gasteiger partial charge in [-0.05, 0) is 12.1 Å². The zero-order chi connectivity index (χ0) is 8.69. The normalized spacial score (nSPS) is 7.00. The fourth-order valence-corrected chi connectivity index (χ4v) is 0.453. The van der Waals surface area contributed by atoms with Crippen molar-refractivity contribution in [2.45, 2.75) is 0 Å². The van der Waals surface area contributed by atoms with Crippen LogP contribution in [0.2, 0.25) is 0 Å². The summed E-state index contributed by atoms with van der Waals surface area (Å²) >= 11 is -4.21. The van der Waals surface area contributed by atoms with Gasteiger partial charge >= 0.3 is 27.0 Å². The van der Waals surface area contributed by atoms with Crippen molar-refractivity contribution >= 4 is 5.69 Å². The van der Waals surface area contributed by atoms with E-state index in [0.29, 0.717) is 0 Å². The Morgan fingerprint density at radius 2 is 1.33 bits per heavy atom. The second-order valence-electron chi connectivity index (χ2n) is 1.60. The molecule has 0 unspecified atom stereocenters. The number of nitrogens with two attached hydrogens (primary N) is 1. The molecule has 0 saturated heterocycles. The first kappa shape index (κ1) is 13.7. The van der Waals surface area contributed by atoms with Crippen molar-refractivity contribution < 1.29 is 27.0 Å². The van der Waals surface area contributed by atoms with Crippen LogP contribution in [0, 0.1) is 7.43 Å². The molecule has 0 radical (unpaired) electrons. The summed E-state index contributed by atoms with van der Waals surface area (Å²) < 4.78 is 25.8. The van der Waals surface area contributed by atoms with Crippen molar-refractivity contribution in [1.29, 1.82) is 0 Å². The summed E-state index contributed by atoms with van der Waals surface area (Å²) in [5.74, 6) is 0. The number of para-hydroxylation sites is 1. The molecule has 4 nitrogen and oxygen atoms in total. The third-order valence-corrected chi connectivity index (χ3v) is 0.800. The van der Waals surface area contributed by atoms with Crippen LogP contribution in [0.3, 0.4) is 0 Å². The SMILES string of the molecule is Nc1ccccc1.[CH3-].[O]=[Re](=[O])=[O]. The standard InChI is InChI=1S/C6H7N.CH3.3O.Re/c7-6-4-2-1-3-5-6;;;;;/h1-5H,7H2;1H3;;;;/q;-1;;;;. The first-order chi connectivity index (χ1) is 5.13. The third-order valence-electron chi connectivity index (χ3n) is 0.800. The fourth-order valence-electron chi connectivity index (χ4n) is 0.453. The van der Waals surface area contributed by atoms with E-state index in [9.17, 15) is 0 Å². The summed E-state index contributed by atoms with van der Waals surface area (Å²) in [4.78, 5) is 0. The Morgan fingerprint density at radius 1 is 1.00 bits per heavy atom. The molecule has 0 aliphatic carbocycles. The van der Waals surface area contributed by atoms with Crippen LogP contribution in [0.1, 0.15) is 0 Å². The quantitative estimate of drug-likeness (QED) is 0.570. The summed E-state index contributed by atoms with van der Waals surface area (Å²) in [5.41, 5.74) is 6.18. The Hall–Kier alpha value is -0.918. The first-order valence-electron chi connectivity index (χ1n) is 2.66. The number of benzene rings is 1. The predicted octanol–water partition coefficient (Wildman–Crippen LogP) is 1.36. The van der Waals surface area contributed by atoms with E-state index in [1.54, 1.807) is 0 Å². The summed E-state index contributed by atoms with van der Waals surface area (Å²) in [6, 6.07) is 9.49. The molecule has 0 bridgehead atoms. The topological polar surface area (TPSA) is 77.2 Å². The Morgan fingerprint density at radius 3 is 1.50 bits per heavy atom. The van der Waals surface area contributed by atoms with Crippen molar-refractivity contribution in [2.75, 3.05) is 5.73 Å². The molecule has 0 atom stereocenters. The van der Waals surface area contributed by atoms with Gasteiger partial charge in [-0.3, -0.25) is 0 Å². The molecule has 1 aromatic carbocycles. The molecule has 12 heavy (non-hydrogen) atoms. The van der Waals surface area contributed by atoms with E-state index >= 15 is 0 Å². The summed E-state index contributed by atoms with van der Waals surface area (Å²) in [6.45, 7) is 0. The molecule has 69 valence electrons. The van der Waals surface area contributed by atoms with Gasteiger partial charge in [-0.25, -0.2) is 0 Å². The average Bonchev–Trinajstić information content (AvgIpc) is 1.87. The van der Waals surface area contributed by atoms with Crippen LogP contribution in [0.25, 0.3) is 0 Å². The van der Waals surface area contributed by atoms with Gasteiger partial charge in [0.15, 0.2) is 0 Å². The van der Waals surface area contributed by atoms with Gasteiger partial charge in [0.2, 0.25) is 0 Å². The Balaban J connectivity index is 0. The molecule has 1 rings (SSSR count). The molecule has 2 N–H and O–H groups in total. The predicted molar refractivity (Wildman–Crippen MR) is 39.3 cm³/mol. The molecular weight excluding hydrogens is 332 g/mol. The molecule has 1 aromatic rings. The molecule has 0 aliphatic heterocycles. The second-order valence-corrected chi connectivity index (χ2v) is 2.96. The minimum absolute atomic E-state index is 0. The van der Waals surface area contributed by atoms with Crippen LogP contribution in [0.4, 0.5) is 5.69 Å². The number of rotatable bonds is 0. The molecule has 5 heteroatoms. The maximum atomic E-state index is 8.60. The van der Waals surface area contributed by atoms with Gasteiger partial charge < -0.3 is 13.2 Å². The van der Waals surface area contributed by atoms with Gasteiger partial charge in [0.1, 0.15) is 0 Å². The van der Waals surface area contributed by atoms with E-state index < -0.39 is 16.6 Å². The van der Waals surface area contributed by atoms with Gasteiger partial charge in [-0.2, -0.15) is 0 Å². The molecule has 0 heterocycles. The number of anilines is 1. The van der Waals surface area contributed by atoms with Gasteiger partial charge in [0.05, 0.1) is 0 Å². The summed E-state index contributed by atoms with van der Waals surface area (Å²) in [6.07, 6.45) is 0. The summed E-state index contributed by atoms with van der Waals surface area (Å²) in [5, 5.41) is 0. The van der Waals surface area contributed by atoms with E-state index in [2.05, 4.69) is 0 Å². The van der Waals surface area contributed by atoms with Crippen LogP contribution in [-0.2, 0) is 27.0 Å². The van der Waals surface area contributed by atoms with E-state index in [-0.39, 0.29) is 7.43 Å². The van der Waals surface area contributed by atoms with Gasteiger partial charge in [0, 0.05) is 5.69 Å². The Bertz CT molecular complexity index is 285. The molecule has 0 amide bonds. The molecule has 0 saturated carbocycles. The molecule has 0 spiro atoms. The van der Waals surface area contributed by atoms with E-state index in [1.165, 1.54) is 0 Å². The van der Waals surface area contributed by atoms with Crippen LogP contribution in [0.15, 0.2) is 30.3 Å². The van der Waals surface area contributed by atoms with Gasteiger partial charge in [0.25, 0.3) is 0 Å². The molecule has 0 aromatic heterocycles. The van der Waals surface area contributed by atoms with Crippen molar-refractivity contribution in [1.82, 2.24) is 0 Å². The molecular formula is C7H10NO3Re-. The van der Waals surface area contributed by atoms with E-state index in [4.69, 9.17) is 16.1 Å². The van der Waals surface area contributed by atoms with Crippen LogP contribution >= 0.6 is 0 Å². The van der Waals surface area contributed by atoms with Crippen molar-refractivity contribution in [3.05, 3.63) is 37.8 Å². The zero-order valence-electron chi connectivity index (χ0n) is 6.57. The van der Waals surface area contributed by atoms with E-state index in [0.717, 1.165) is 5.69 Å². The number of hydrogen-bond acceptors (Lipinski definition) is 4. The second kappa shape index (κ2) is 8.18. The Labute approximate surface area is 76.6 Å².